The molecule has 3 fully saturated rings. The first-order valence-electron chi connectivity index (χ1n) is 11.5. The molecule has 3 heterocycles. The van der Waals surface area contributed by atoms with Crippen LogP contribution in [0.25, 0.3) is 0 Å². The van der Waals surface area contributed by atoms with Gasteiger partial charge in [-0.3, -0.25) is 14.4 Å². The Balaban J connectivity index is 1.99. The molecule has 3 saturated heterocycles. The van der Waals surface area contributed by atoms with Crippen LogP contribution in [0.4, 0.5) is 0 Å². The van der Waals surface area contributed by atoms with Crippen LogP contribution in [0.2, 0.25) is 0 Å². The molecule has 3 N–H and O–H groups in total. The Morgan fingerprint density at radius 2 is 2.03 bits per heavy atom. The Bertz CT molecular complexity index is 708. The maximum Gasteiger partial charge on any atom is 0.244 e. The minimum Gasteiger partial charge on any atom is -0.394 e. The first-order valence-corrected chi connectivity index (χ1v) is 13.3. The molecule has 0 aromatic carbocycles. The minimum atomic E-state index is -0.674. The van der Waals surface area contributed by atoms with Crippen molar-refractivity contribution in [2.45, 2.75) is 79.8 Å². The van der Waals surface area contributed by atoms with Crippen molar-refractivity contribution in [3.05, 3.63) is 0 Å². The number of alkyl halides is 1. The van der Waals surface area contributed by atoms with E-state index in [1.54, 1.807) is 23.7 Å². The van der Waals surface area contributed by atoms with Crippen LogP contribution >= 0.6 is 27.7 Å². The van der Waals surface area contributed by atoms with Gasteiger partial charge in [0.25, 0.3) is 0 Å². The quantitative estimate of drug-likeness (QED) is 0.303. The average Bonchev–Trinajstić information content (AvgIpc) is 3.32. The van der Waals surface area contributed by atoms with Crippen LogP contribution in [0, 0.1) is 17.8 Å². The van der Waals surface area contributed by atoms with E-state index in [1.807, 2.05) is 13.8 Å². The molecule has 7 nitrogen and oxygen atoms in total. The topological polar surface area (TPSA) is 98.7 Å². The van der Waals surface area contributed by atoms with Gasteiger partial charge in [-0.1, -0.05) is 49.5 Å². The zero-order valence-corrected chi connectivity index (χ0v) is 21.3. The lowest BCUT2D eigenvalue weighted by Gasteiger charge is -2.37. The van der Waals surface area contributed by atoms with E-state index in [1.165, 1.54) is 0 Å². The summed E-state index contributed by atoms with van der Waals surface area (Å²) in [6.07, 6.45) is 4.27. The number of hydrogen-bond donors (Lipinski definition) is 3. The van der Waals surface area contributed by atoms with Crippen LogP contribution in [-0.4, -0.2) is 74.8 Å². The summed E-state index contributed by atoms with van der Waals surface area (Å²) in [6, 6.07) is -1.11. The van der Waals surface area contributed by atoms with Gasteiger partial charge in [0.1, 0.15) is 6.04 Å². The maximum atomic E-state index is 13.8. The van der Waals surface area contributed by atoms with Crippen LogP contribution in [0.15, 0.2) is 0 Å². The maximum absolute atomic E-state index is 13.8. The lowest BCUT2D eigenvalue weighted by Crippen LogP contribution is -2.57. The first-order chi connectivity index (χ1) is 14.7. The molecule has 0 radical (unpaired) electrons. The first kappa shape index (κ1) is 24.8. The molecule has 3 aliphatic rings. The van der Waals surface area contributed by atoms with Crippen LogP contribution in [-0.2, 0) is 14.4 Å². The van der Waals surface area contributed by atoms with Gasteiger partial charge in [0.2, 0.25) is 17.7 Å². The van der Waals surface area contributed by atoms with Gasteiger partial charge in [-0.05, 0) is 25.2 Å². The molecule has 7 atom stereocenters. The third kappa shape index (κ3) is 4.26. The van der Waals surface area contributed by atoms with Gasteiger partial charge < -0.3 is 20.6 Å². The lowest BCUT2D eigenvalue weighted by atomic mass is 9.70. The molecule has 31 heavy (non-hydrogen) atoms. The molecule has 3 rings (SSSR count). The van der Waals surface area contributed by atoms with Crippen molar-refractivity contribution < 1.29 is 19.5 Å². The minimum absolute atomic E-state index is 0.0379. The van der Waals surface area contributed by atoms with E-state index in [0.29, 0.717) is 19.4 Å². The van der Waals surface area contributed by atoms with Gasteiger partial charge in [0, 0.05) is 23.7 Å². The summed E-state index contributed by atoms with van der Waals surface area (Å²) in [5.41, 5.74) is 0. The molecule has 2 bridgehead atoms. The van der Waals surface area contributed by atoms with Crippen molar-refractivity contribution in [3.63, 3.8) is 0 Å². The molecular formula is C22H36BrN3O4S. The highest BCUT2D eigenvalue weighted by Gasteiger charge is 2.76. The van der Waals surface area contributed by atoms with E-state index >= 15 is 0 Å². The van der Waals surface area contributed by atoms with E-state index in [-0.39, 0.29) is 40.3 Å². The number of amides is 3. The number of fused-ring (bicyclic) bond motifs is 1. The van der Waals surface area contributed by atoms with Crippen LogP contribution in [0.3, 0.4) is 0 Å². The summed E-state index contributed by atoms with van der Waals surface area (Å²) in [4.78, 5) is 41.9. The number of nitrogens with zero attached hydrogens (tertiary/aromatic N) is 1. The predicted molar refractivity (Wildman–Crippen MR) is 126 cm³/mol. The highest BCUT2D eigenvalue weighted by Crippen LogP contribution is 2.68. The average molecular weight is 519 g/mol. The normalized spacial score (nSPS) is 34.9. The van der Waals surface area contributed by atoms with E-state index in [2.05, 4.69) is 33.5 Å². The fourth-order valence-corrected chi connectivity index (χ4v) is 9.33. The second-order valence-corrected chi connectivity index (χ2v) is 12.2. The van der Waals surface area contributed by atoms with Crippen LogP contribution in [0.1, 0.15) is 52.9 Å². The third-order valence-corrected chi connectivity index (χ3v) is 10.2. The molecule has 0 aliphatic carbocycles. The smallest absolute Gasteiger partial charge is 0.244 e. The molecule has 3 unspecified atom stereocenters. The number of aliphatic hydroxyl groups excluding tert-OH is 1. The van der Waals surface area contributed by atoms with E-state index in [0.717, 1.165) is 19.3 Å². The van der Waals surface area contributed by atoms with Gasteiger partial charge in [-0.15, -0.1) is 11.8 Å². The molecule has 176 valence electrons. The summed E-state index contributed by atoms with van der Waals surface area (Å²) in [6.45, 7) is 6.59. The van der Waals surface area contributed by atoms with E-state index in [9.17, 15) is 19.5 Å². The predicted octanol–water partition coefficient (Wildman–Crippen LogP) is 1.91. The van der Waals surface area contributed by atoms with Gasteiger partial charge in [0.05, 0.1) is 29.2 Å². The zero-order valence-electron chi connectivity index (χ0n) is 18.9. The second kappa shape index (κ2) is 10.00. The van der Waals surface area contributed by atoms with E-state index < -0.39 is 28.7 Å². The SMILES string of the molecule is CCCCCNC(=O)C1N([C@@H](CO)CC(C)C)C(=O)[C@@H]2[C@H](C(=O)NC)[C@H]3SC12CC3Br. The number of hydrogen-bond acceptors (Lipinski definition) is 5. The molecule has 0 aromatic heterocycles. The number of likely N-dealkylation sites (tertiary alicyclic amines) is 1. The standard InChI is InChI=1S/C22H36BrN3O4S/c1-5-6-7-8-25-20(29)18-22-10-14(23)17(31-22)15(19(28)24-4)16(22)21(30)26(18)13(11-27)9-12(2)3/h12-18,27H,5-11H2,1-4H3,(H,24,28)(H,25,29)/t13-,14?,15+,16+,17+,18?,22?/m1/s1. The molecular weight excluding hydrogens is 482 g/mol. The molecule has 1 spiro atoms. The molecule has 0 saturated carbocycles. The van der Waals surface area contributed by atoms with Gasteiger partial charge >= 0.3 is 0 Å². The van der Waals surface area contributed by atoms with Crippen molar-refractivity contribution in [2.24, 2.45) is 17.8 Å². The summed E-state index contributed by atoms with van der Waals surface area (Å²) in [5.74, 6) is -1.20. The molecule has 9 heteroatoms. The number of carbonyl (C=O) groups is 3. The van der Waals surface area contributed by atoms with Gasteiger partial charge in [-0.2, -0.15) is 0 Å². The molecule has 3 amide bonds. The summed E-state index contributed by atoms with van der Waals surface area (Å²) < 4.78 is -0.646. The number of nitrogens with one attached hydrogen (secondary N) is 2. The van der Waals surface area contributed by atoms with Crippen molar-refractivity contribution in [3.8, 4) is 0 Å². The molecule has 3 aliphatic heterocycles. The van der Waals surface area contributed by atoms with Crippen molar-refractivity contribution >= 4 is 45.4 Å². The van der Waals surface area contributed by atoms with Crippen molar-refractivity contribution in [2.75, 3.05) is 20.2 Å². The Hall–Kier alpha value is -0.800. The monoisotopic (exact) mass is 517 g/mol. The number of unbranched alkanes of at least 4 members (excludes halogenated alkanes) is 2. The number of carbonyl (C=O) groups excluding carboxylic acids is 3. The Morgan fingerprint density at radius 3 is 2.61 bits per heavy atom. The van der Waals surface area contributed by atoms with Crippen molar-refractivity contribution in [1.29, 1.82) is 0 Å². The summed E-state index contributed by atoms with van der Waals surface area (Å²) in [7, 11) is 1.60. The fourth-order valence-electron chi connectivity index (χ4n) is 5.73. The fraction of sp³-hybridized carbons (Fsp3) is 0.864. The number of rotatable bonds is 10. The highest BCUT2D eigenvalue weighted by atomic mass is 79.9. The lowest BCUT2D eigenvalue weighted by molar-refractivity contribution is -0.143. The zero-order chi connectivity index (χ0) is 22.9. The second-order valence-electron chi connectivity index (χ2n) is 9.49. The number of halogens is 1. The van der Waals surface area contributed by atoms with Crippen molar-refractivity contribution in [1.82, 2.24) is 15.5 Å². The molecule has 0 aromatic rings. The summed E-state index contributed by atoms with van der Waals surface area (Å²) in [5, 5.41) is 15.9. The number of thioether (sulfide) groups is 1. The van der Waals surface area contributed by atoms with Gasteiger partial charge in [0.15, 0.2) is 0 Å². The van der Waals surface area contributed by atoms with E-state index in [4.69, 9.17) is 0 Å². The third-order valence-electron chi connectivity index (χ3n) is 6.95. The van der Waals surface area contributed by atoms with Crippen LogP contribution in [0.5, 0.6) is 0 Å². The largest absolute Gasteiger partial charge is 0.394 e. The summed E-state index contributed by atoms with van der Waals surface area (Å²) >= 11 is 5.37. The Morgan fingerprint density at radius 1 is 1.32 bits per heavy atom. The van der Waals surface area contributed by atoms with Crippen LogP contribution < -0.4 is 10.6 Å². The van der Waals surface area contributed by atoms with Gasteiger partial charge in [-0.25, -0.2) is 0 Å². The Kier molecular flexibility index (Phi) is 8.01. The number of aliphatic hydroxyl groups is 1. The Labute approximate surface area is 198 Å². The highest BCUT2D eigenvalue weighted by molar-refractivity contribution is 9.09.